The topological polar surface area (TPSA) is 46.2 Å². The maximum Gasteiger partial charge on any atom is 0.152 e. The van der Waals surface area contributed by atoms with Gasteiger partial charge in [-0.15, -0.1) is 0 Å². The fourth-order valence-electron chi connectivity index (χ4n) is 2.11. The number of hydrogen-bond donors (Lipinski definition) is 1. The molecule has 0 saturated carbocycles. The molecule has 0 aliphatic carbocycles. The van der Waals surface area contributed by atoms with Crippen LogP contribution in [0.15, 0.2) is 16.6 Å². The molecule has 1 atom stereocenters. The third-order valence-corrected chi connectivity index (χ3v) is 5.96. The molecule has 2 rings (SSSR count). The first kappa shape index (κ1) is 14.2. The fourth-order valence-corrected chi connectivity index (χ4v) is 4.49. The van der Waals surface area contributed by atoms with Gasteiger partial charge in [-0.25, -0.2) is 8.42 Å². The van der Waals surface area contributed by atoms with Gasteiger partial charge < -0.3 is 5.32 Å². The molecule has 0 spiro atoms. The van der Waals surface area contributed by atoms with Crippen molar-refractivity contribution in [2.75, 3.05) is 16.8 Å². The predicted octanol–water partition coefficient (Wildman–Crippen LogP) is 3.40. The molecule has 1 saturated heterocycles. The van der Waals surface area contributed by atoms with Gasteiger partial charge >= 0.3 is 0 Å². The number of halogens is 2. The van der Waals surface area contributed by atoms with E-state index in [0.717, 1.165) is 28.6 Å². The average molecular weight is 353 g/mol. The second kappa shape index (κ2) is 5.39. The lowest BCUT2D eigenvalue weighted by molar-refractivity contribution is 0.562. The first-order chi connectivity index (χ1) is 8.37. The Morgan fingerprint density at radius 1 is 1.44 bits per heavy atom. The highest BCUT2D eigenvalue weighted by molar-refractivity contribution is 9.10. The van der Waals surface area contributed by atoms with E-state index in [9.17, 15) is 8.42 Å². The monoisotopic (exact) mass is 351 g/mol. The highest BCUT2D eigenvalue weighted by Crippen LogP contribution is 2.30. The van der Waals surface area contributed by atoms with Gasteiger partial charge in [-0.3, -0.25) is 0 Å². The summed E-state index contributed by atoms with van der Waals surface area (Å²) in [4.78, 5) is 0. The van der Waals surface area contributed by atoms with E-state index in [0.29, 0.717) is 10.8 Å². The molecule has 0 radical (unpaired) electrons. The summed E-state index contributed by atoms with van der Waals surface area (Å²) < 4.78 is 24.1. The van der Waals surface area contributed by atoms with Crippen LogP contribution >= 0.6 is 27.5 Å². The first-order valence-electron chi connectivity index (χ1n) is 5.80. The summed E-state index contributed by atoms with van der Waals surface area (Å²) in [6, 6.07) is 3.74. The van der Waals surface area contributed by atoms with Crippen molar-refractivity contribution in [1.82, 2.24) is 0 Å². The fraction of sp³-hybridized carbons (Fsp3) is 0.500. The third-order valence-electron chi connectivity index (χ3n) is 3.07. The van der Waals surface area contributed by atoms with Gasteiger partial charge in [0.15, 0.2) is 9.84 Å². The Labute approximate surface area is 121 Å². The Morgan fingerprint density at radius 2 is 2.17 bits per heavy atom. The summed E-state index contributed by atoms with van der Waals surface area (Å²) in [7, 11) is -2.89. The van der Waals surface area contributed by atoms with Crippen molar-refractivity contribution in [3.63, 3.8) is 0 Å². The third kappa shape index (κ3) is 3.39. The molecule has 1 aromatic carbocycles. The second-order valence-electron chi connectivity index (χ2n) is 4.68. The van der Waals surface area contributed by atoms with Crippen LogP contribution in [0.5, 0.6) is 0 Å². The molecule has 1 unspecified atom stereocenters. The van der Waals surface area contributed by atoms with Crippen LogP contribution < -0.4 is 5.32 Å². The molecule has 100 valence electrons. The van der Waals surface area contributed by atoms with Gasteiger partial charge in [0.05, 0.1) is 17.2 Å². The Bertz CT molecular complexity index is 559. The minimum Gasteiger partial charge on any atom is -0.380 e. The number of benzene rings is 1. The summed E-state index contributed by atoms with van der Waals surface area (Å²) in [6.45, 7) is 1.93. The van der Waals surface area contributed by atoms with Crippen LogP contribution in [0.3, 0.4) is 0 Å². The van der Waals surface area contributed by atoms with E-state index in [1.807, 2.05) is 19.1 Å². The van der Waals surface area contributed by atoms with Gasteiger partial charge in [-0.2, -0.15) is 0 Å². The van der Waals surface area contributed by atoms with Gasteiger partial charge in [-0.1, -0.05) is 11.6 Å². The average Bonchev–Trinajstić information content (AvgIpc) is 2.24. The number of hydrogen-bond acceptors (Lipinski definition) is 3. The van der Waals surface area contributed by atoms with Crippen LogP contribution in [0.2, 0.25) is 5.02 Å². The normalized spacial score (nSPS) is 22.7. The molecule has 6 heteroatoms. The van der Waals surface area contributed by atoms with Crippen LogP contribution in [0.1, 0.15) is 18.4 Å². The van der Waals surface area contributed by atoms with Crippen molar-refractivity contribution >= 4 is 43.1 Å². The molecule has 0 bridgehead atoms. The molecule has 0 aromatic heterocycles. The van der Waals surface area contributed by atoms with Crippen LogP contribution in [0.4, 0.5) is 5.69 Å². The molecule has 18 heavy (non-hydrogen) atoms. The minimum absolute atomic E-state index is 0.0289. The molecule has 1 aliphatic heterocycles. The first-order valence-corrected chi connectivity index (χ1v) is 8.79. The standard InChI is InChI=1S/C12H15BrClNO2S/c1-8-5-10(13)12(6-11(8)14)15-9-3-2-4-18(16,17)7-9/h5-6,9,15H,2-4,7H2,1H3. The summed E-state index contributed by atoms with van der Waals surface area (Å²) in [5.41, 5.74) is 1.85. The SMILES string of the molecule is Cc1cc(Br)c(NC2CCCS(=O)(=O)C2)cc1Cl. The Balaban J connectivity index is 2.17. The molecule has 1 aromatic rings. The Morgan fingerprint density at radius 3 is 2.83 bits per heavy atom. The second-order valence-corrected chi connectivity index (χ2v) is 8.17. The molecule has 3 nitrogen and oxygen atoms in total. The van der Waals surface area contributed by atoms with Gasteiger partial charge in [0.25, 0.3) is 0 Å². The molecule has 1 aliphatic rings. The maximum absolute atomic E-state index is 11.6. The minimum atomic E-state index is -2.89. The van der Waals surface area contributed by atoms with Crippen LogP contribution in [-0.2, 0) is 9.84 Å². The molecule has 1 fully saturated rings. The van der Waals surface area contributed by atoms with Crippen LogP contribution in [-0.4, -0.2) is 26.0 Å². The summed E-state index contributed by atoms with van der Waals surface area (Å²) in [5.74, 6) is 0.506. The van der Waals surface area contributed by atoms with Gasteiger partial charge in [0.2, 0.25) is 0 Å². The molecule has 1 N–H and O–H groups in total. The van der Waals surface area contributed by atoms with Crippen molar-refractivity contribution in [2.45, 2.75) is 25.8 Å². The molecule has 0 amide bonds. The largest absolute Gasteiger partial charge is 0.380 e. The predicted molar refractivity (Wildman–Crippen MR) is 79.2 cm³/mol. The zero-order chi connectivity index (χ0) is 13.3. The molecular formula is C12H15BrClNO2S. The van der Waals surface area contributed by atoms with Crippen molar-refractivity contribution in [1.29, 1.82) is 0 Å². The van der Waals surface area contributed by atoms with E-state index >= 15 is 0 Å². The zero-order valence-electron chi connectivity index (χ0n) is 10.0. The highest BCUT2D eigenvalue weighted by atomic mass is 79.9. The van der Waals surface area contributed by atoms with E-state index in [2.05, 4.69) is 21.2 Å². The van der Waals surface area contributed by atoms with E-state index in [4.69, 9.17) is 11.6 Å². The number of sulfone groups is 1. The quantitative estimate of drug-likeness (QED) is 0.887. The smallest absolute Gasteiger partial charge is 0.152 e. The summed E-state index contributed by atoms with van der Waals surface area (Å²) in [6.07, 6.45) is 1.59. The molecule has 1 heterocycles. The van der Waals surface area contributed by atoms with Crippen LogP contribution in [0, 0.1) is 6.92 Å². The molecular weight excluding hydrogens is 338 g/mol. The van der Waals surface area contributed by atoms with Crippen LogP contribution in [0.25, 0.3) is 0 Å². The lowest BCUT2D eigenvalue weighted by Gasteiger charge is -2.24. The number of nitrogens with one attached hydrogen (secondary N) is 1. The van der Waals surface area contributed by atoms with Gasteiger partial charge in [0.1, 0.15) is 0 Å². The lowest BCUT2D eigenvalue weighted by Crippen LogP contribution is -2.34. The van der Waals surface area contributed by atoms with Gasteiger partial charge in [-0.05, 0) is 53.4 Å². The van der Waals surface area contributed by atoms with Crippen molar-refractivity contribution in [3.05, 3.63) is 27.2 Å². The van der Waals surface area contributed by atoms with Gasteiger partial charge in [0, 0.05) is 15.5 Å². The van der Waals surface area contributed by atoms with E-state index in [1.54, 1.807) is 0 Å². The highest BCUT2D eigenvalue weighted by Gasteiger charge is 2.25. The zero-order valence-corrected chi connectivity index (χ0v) is 13.2. The lowest BCUT2D eigenvalue weighted by atomic mass is 10.1. The number of rotatable bonds is 2. The van der Waals surface area contributed by atoms with E-state index < -0.39 is 9.84 Å². The maximum atomic E-state index is 11.6. The van der Waals surface area contributed by atoms with Crippen molar-refractivity contribution < 1.29 is 8.42 Å². The van der Waals surface area contributed by atoms with E-state index in [-0.39, 0.29) is 11.8 Å². The Hall–Kier alpha value is -0.260. The van der Waals surface area contributed by atoms with E-state index in [1.165, 1.54) is 0 Å². The van der Waals surface area contributed by atoms with Crippen molar-refractivity contribution in [3.8, 4) is 0 Å². The summed E-state index contributed by atoms with van der Waals surface area (Å²) in [5, 5.41) is 3.94. The Kier molecular flexibility index (Phi) is 4.24. The van der Waals surface area contributed by atoms with Crippen molar-refractivity contribution in [2.24, 2.45) is 0 Å². The summed E-state index contributed by atoms with van der Waals surface area (Å²) >= 11 is 9.55. The number of aryl methyl sites for hydroxylation is 1. The number of anilines is 1.